The van der Waals surface area contributed by atoms with E-state index in [1.165, 1.54) is 0 Å². The number of ether oxygens (including phenoxy) is 1. The van der Waals surface area contributed by atoms with E-state index in [1.807, 2.05) is 20.8 Å². The largest absolute Gasteiger partial charge is 0.383 e. The van der Waals surface area contributed by atoms with Crippen molar-refractivity contribution in [2.24, 2.45) is 0 Å². The Bertz CT molecular complexity index is 434. The summed E-state index contributed by atoms with van der Waals surface area (Å²) in [5.74, 6) is 2.39. The Labute approximate surface area is 115 Å². The molecule has 2 heterocycles. The van der Waals surface area contributed by atoms with E-state index in [0.717, 1.165) is 56.2 Å². The summed E-state index contributed by atoms with van der Waals surface area (Å²) in [5, 5.41) is 0. The van der Waals surface area contributed by atoms with Gasteiger partial charge in [0.05, 0.1) is 6.10 Å². The summed E-state index contributed by atoms with van der Waals surface area (Å²) >= 11 is 0. The van der Waals surface area contributed by atoms with Gasteiger partial charge in [-0.3, -0.25) is 0 Å². The maximum Gasteiger partial charge on any atom is 0.137 e. The number of nitrogen functional groups attached to an aromatic ring is 1. The molecule has 5 heteroatoms. The molecule has 0 bridgehead atoms. The molecule has 0 amide bonds. The van der Waals surface area contributed by atoms with Crippen molar-refractivity contribution in [2.75, 3.05) is 30.3 Å². The standard InChI is InChI=1S/C14H24N4O/c1-4-12-16-13(15)10(3)14(17-12)18-8-6-7-11(9-18)19-5-2/h11H,4-9H2,1-3H3,(H2,15,16,17). The van der Waals surface area contributed by atoms with Crippen LogP contribution in [0.25, 0.3) is 0 Å². The molecule has 2 rings (SSSR count). The highest BCUT2D eigenvalue weighted by Crippen LogP contribution is 2.25. The number of nitrogens with two attached hydrogens (primary N) is 1. The van der Waals surface area contributed by atoms with Crippen LogP contribution in [0.5, 0.6) is 0 Å². The first kappa shape index (κ1) is 14.1. The van der Waals surface area contributed by atoms with Crippen LogP contribution in [0.15, 0.2) is 0 Å². The summed E-state index contributed by atoms with van der Waals surface area (Å²) in [4.78, 5) is 11.2. The lowest BCUT2D eigenvalue weighted by Crippen LogP contribution is -2.40. The number of hydrogen-bond acceptors (Lipinski definition) is 5. The molecule has 1 aliphatic heterocycles. The van der Waals surface area contributed by atoms with E-state index in [1.54, 1.807) is 0 Å². The van der Waals surface area contributed by atoms with Crippen LogP contribution in [0.4, 0.5) is 11.6 Å². The van der Waals surface area contributed by atoms with Crippen molar-refractivity contribution in [3.8, 4) is 0 Å². The number of hydrogen-bond donors (Lipinski definition) is 1. The molecule has 1 atom stereocenters. The van der Waals surface area contributed by atoms with Crippen molar-refractivity contribution >= 4 is 11.6 Å². The number of nitrogens with zero attached hydrogens (tertiary/aromatic N) is 3. The molecule has 1 fully saturated rings. The average Bonchev–Trinajstić information content (AvgIpc) is 2.42. The van der Waals surface area contributed by atoms with Crippen molar-refractivity contribution < 1.29 is 4.74 Å². The predicted octanol–water partition coefficient (Wildman–Crippen LogP) is 1.93. The second kappa shape index (κ2) is 6.19. The highest BCUT2D eigenvalue weighted by atomic mass is 16.5. The SMILES string of the molecule is CCOC1CCCN(c2nc(CC)nc(N)c2C)C1. The minimum absolute atomic E-state index is 0.305. The summed E-state index contributed by atoms with van der Waals surface area (Å²) in [5.41, 5.74) is 6.97. The second-order valence-corrected chi connectivity index (χ2v) is 4.99. The van der Waals surface area contributed by atoms with Crippen molar-refractivity contribution in [1.82, 2.24) is 9.97 Å². The highest BCUT2D eigenvalue weighted by Gasteiger charge is 2.23. The summed E-state index contributed by atoms with van der Waals surface area (Å²) in [6.07, 6.45) is 3.37. The first-order valence-corrected chi connectivity index (χ1v) is 7.15. The molecule has 1 aliphatic rings. The number of aryl methyl sites for hydroxylation is 1. The van der Waals surface area contributed by atoms with Gasteiger partial charge < -0.3 is 15.4 Å². The van der Waals surface area contributed by atoms with Gasteiger partial charge in [0.2, 0.25) is 0 Å². The molecule has 106 valence electrons. The zero-order valence-corrected chi connectivity index (χ0v) is 12.1. The fourth-order valence-corrected chi connectivity index (χ4v) is 2.54. The molecule has 5 nitrogen and oxygen atoms in total. The number of aromatic nitrogens is 2. The van der Waals surface area contributed by atoms with E-state index < -0.39 is 0 Å². The van der Waals surface area contributed by atoms with Gasteiger partial charge in [0.1, 0.15) is 17.5 Å². The molecule has 19 heavy (non-hydrogen) atoms. The van der Waals surface area contributed by atoms with Crippen LogP contribution in [0.3, 0.4) is 0 Å². The Balaban J connectivity index is 2.22. The maximum absolute atomic E-state index is 5.99. The van der Waals surface area contributed by atoms with E-state index in [4.69, 9.17) is 10.5 Å². The maximum atomic E-state index is 5.99. The summed E-state index contributed by atoms with van der Waals surface area (Å²) < 4.78 is 5.74. The average molecular weight is 264 g/mol. The number of anilines is 2. The fraction of sp³-hybridized carbons (Fsp3) is 0.714. The van der Waals surface area contributed by atoms with Crippen molar-refractivity contribution in [1.29, 1.82) is 0 Å². The minimum Gasteiger partial charge on any atom is -0.383 e. The van der Waals surface area contributed by atoms with Gasteiger partial charge in [0.15, 0.2) is 0 Å². The summed E-state index contributed by atoms with van der Waals surface area (Å²) in [6, 6.07) is 0. The normalized spacial score (nSPS) is 19.7. The predicted molar refractivity (Wildman–Crippen MR) is 77.4 cm³/mol. The lowest BCUT2D eigenvalue weighted by Gasteiger charge is -2.34. The number of piperidine rings is 1. The quantitative estimate of drug-likeness (QED) is 0.900. The Morgan fingerprint density at radius 1 is 1.37 bits per heavy atom. The van der Waals surface area contributed by atoms with Crippen LogP contribution in [0.2, 0.25) is 0 Å². The molecule has 1 unspecified atom stereocenters. The lowest BCUT2D eigenvalue weighted by atomic mass is 10.1. The van der Waals surface area contributed by atoms with Gasteiger partial charge in [-0.15, -0.1) is 0 Å². The van der Waals surface area contributed by atoms with Crippen LogP contribution in [0.1, 0.15) is 38.1 Å². The molecular formula is C14H24N4O. The first-order valence-electron chi connectivity index (χ1n) is 7.15. The monoisotopic (exact) mass is 264 g/mol. The van der Waals surface area contributed by atoms with Crippen molar-refractivity contribution in [3.05, 3.63) is 11.4 Å². The Hall–Kier alpha value is -1.36. The van der Waals surface area contributed by atoms with E-state index in [9.17, 15) is 0 Å². The van der Waals surface area contributed by atoms with Crippen LogP contribution >= 0.6 is 0 Å². The minimum atomic E-state index is 0.305. The van der Waals surface area contributed by atoms with Crippen molar-refractivity contribution in [2.45, 2.75) is 46.1 Å². The van der Waals surface area contributed by atoms with E-state index in [2.05, 4.69) is 14.9 Å². The van der Waals surface area contributed by atoms with Crippen LogP contribution < -0.4 is 10.6 Å². The molecule has 0 radical (unpaired) electrons. The molecule has 0 spiro atoms. The third kappa shape index (κ3) is 3.15. The van der Waals surface area contributed by atoms with Gasteiger partial charge in [-0.05, 0) is 26.7 Å². The highest BCUT2D eigenvalue weighted by molar-refractivity contribution is 5.56. The van der Waals surface area contributed by atoms with Gasteiger partial charge in [0, 0.05) is 31.7 Å². The molecule has 1 aromatic rings. The van der Waals surface area contributed by atoms with Crippen LogP contribution in [-0.4, -0.2) is 35.8 Å². The fourth-order valence-electron chi connectivity index (χ4n) is 2.54. The lowest BCUT2D eigenvalue weighted by molar-refractivity contribution is 0.0525. The molecule has 0 aromatic carbocycles. The second-order valence-electron chi connectivity index (χ2n) is 4.99. The molecule has 1 saturated heterocycles. The van der Waals surface area contributed by atoms with E-state index in [-0.39, 0.29) is 0 Å². The van der Waals surface area contributed by atoms with Crippen LogP contribution in [-0.2, 0) is 11.2 Å². The summed E-state index contributed by atoms with van der Waals surface area (Å²) in [7, 11) is 0. The van der Waals surface area contributed by atoms with E-state index in [0.29, 0.717) is 11.9 Å². The van der Waals surface area contributed by atoms with Gasteiger partial charge in [-0.25, -0.2) is 9.97 Å². The summed E-state index contributed by atoms with van der Waals surface area (Å²) in [6.45, 7) is 8.77. The van der Waals surface area contributed by atoms with Gasteiger partial charge in [0.25, 0.3) is 0 Å². The van der Waals surface area contributed by atoms with Gasteiger partial charge >= 0.3 is 0 Å². The molecule has 0 aliphatic carbocycles. The Kier molecular flexibility index (Phi) is 4.58. The smallest absolute Gasteiger partial charge is 0.137 e. The number of rotatable bonds is 4. The topological polar surface area (TPSA) is 64.3 Å². The third-order valence-corrected chi connectivity index (χ3v) is 3.60. The third-order valence-electron chi connectivity index (χ3n) is 3.60. The molecule has 2 N–H and O–H groups in total. The van der Waals surface area contributed by atoms with Gasteiger partial charge in [-0.2, -0.15) is 0 Å². The van der Waals surface area contributed by atoms with Gasteiger partial charge in [-0.1, -0.05) is 6.92 Å². The zero-order valence-electron chi connectivity index (χ0n) is 12.1. The Morgan fingerprint density at radius 3 is 2.84 bits per heavy atom. The first-order chi connectivity index (χ1) is 9.15. The molecule has 0 saturated carbocycles. The Morgan fingerprint density at radius 2 is 2.16 bits per heavy atom. The zero-order chi connectivity index (χ0) is 13.8. The van der Waals surface area contributed by atoms with Crippen molar-refractivity contribution in [3.63, 3.8) is 0 Å². The molecular weight excluding hydrogens is 240 g/mol. The molecule has 1 aromatic heterocycles. The van der Waals surface area contributed by atoms with E-state index >= 15 is 0 Å². The van der Waals surface area contributed by atoms with Crippen LogP contribution in [0, 0.1) is 6.92 Å².